The molecule has 0 saturated carbocycles. The van der Waals surface area contributed by atoms with Crippen molar-refractivity contribution in [1.82, 2.24) is 4.90 Å². The van der Waals surface area contributed by atoms with Gasteiger partial charge >= 0.3 is 0 Å². The lowest BCUT2D eigenvalue weighted by Gasteiger charge is -2.29. The first kappa shape index (κ1) is 16.7. The Hall–Kier alpha value is -2.69. The van der Waals surface area contributed by atoms with Crippen LogP contribution in [0.2, 0.25) is 0 Å². The highest BCUT2D eigenvalue weighted by Crippen LogP contribution is 2.27. The summed E-state index contributed by atoms with van der Waals surface area (Å²) in [5, 5.41) is 11.1. The number of hydrogen-bond donors (Lipinski definition) is 0. The molecule has 2 aromatic carbocycles. The summed E-state index contributed by atoms with van der Waals surface area (Å²) in [4.78, 5) is 25.0. The van der Waals surface area contributed by atoms with Crippen LogP contribution < -0.4 is 0 Å². The predicted octanol–water partition coefficient (Wildman–Crippen LogP) is 3.53. The summed E-state index contributed by atoms with van der Waals surface area (Å²) in [6, 6.07) is 16.0. The van der Waals surface area contributed by atoms with Gasteiger partial charge in [-0.1, -0.05) is 48.5 Å². The van der Waals surface area contributed by atoms with E-state index in [4.69, 9.17) is 0 Å². The molecule has 5 heteroatoms. The number of nitro groups is 1. The van der Waals surface area contributed by atoms with Gasteiger partial charge in [0.05, 0.1) is 16.9 Å². The Morgan fingerprint density at radius 3 is 2.26 bits per heavy atom. The van der Waals surface area contributed by atoms with Crippen molar-refractivity contribution in [3.8, 4) is 0 Å². The zero-order chi connectivity index (χ0) is 17.0. The molecule has 0 fully saturated rings. The Kier molecular flexibility index (Phi) is 4.79. The molecule has 0 aliphatic heterocycles. The van der Waals surface area contributed by atoms with E-state index >= 15 is 0 Å². The van der Waals surface area contributed by atoms with Gasteiger partial charge in [0.2, 0.25) is 5.91 Å². The third-order valence-corrected chi connectivity index (χ3v) is 3.97. The molecular weight excluding hydrogens is 292 g/mol. The van der Waals surface area contributed by atoms with Crippen molar-refractivity contribution in [2.75, 3.05) is 7.05 Å². The van der Waals surface area contributed by atoms with Crippen molar-refractivity contribution in [2.24, 2.45) is 0 Å². The number of carbonyl (C=O) groups excluding carboxylic acids is 1. The molecule has 0 atom stereocenters. The smallest absolute Gasteiger partial charge is 0.274 e. The van der Waals surface area contributed by atoms with E-state index in [9.17, 15) is 14.9 Å². The second-order valence-corrected chi connectivity index (χ2v) is 6.04. The zero-order valence-electron chi connectivity index (χ0n) is 13.5. The Bertz CT molecular complexity index is 711. The molecule has 1 amide bonds. The highest BCUT2D eigenvalue weighted by Gasteiger charge is 2.32. The van der Waals surface area contributed by atoms with E-state index in [2.05, 4.69) is 0 Å². The highest BCUT2D eigenvalue weighted by atomic mass is 16.6. The number of nitrogens with zero attached hydrogens (tertiary/aromatic N) is 2. The van der Waals surface area contributed by atoms with E-state index in [-0.39, 0.29) is 18.1 Å². The predicted molar refractivity (Wildman–Crippen MR) is 89.0 cm³/mol. The van der Waals surface area contributed by atoms with Gasteiger partial charge in [0.15, 0.2) is 0 Å². The fraction of sp³-hybridized carbons (Fsp3) is 0.278. The molecule has 0 aliphatic rings. The Morgan fingerprint density at radius 2 is 1.65 bits per heavy atom. The lowest BCUT2D eigenvalue weighted by atomic mass is 9.83. The molecule has 0 N–H and O–H groups in total. The van der Waals surface area contributed by atoms with Crippen LogP contribution in [0.1, 0.15) is 25.0 Å². The minimum Gasteiger partial charge on any atom is -0.340 e. The summed E-state index contributed by atoms with van der Waals surface area (Å²) in [7, 11) is 1.67. The summed E-state index contributed by atoms with van der Waals surface area (Å²) in [6.45, 7) is 3.92. The number of para-hydroxylation sites is 1. The number of nitro benzene ring substituents is 1. The molecule has 23 heavy (non-hydrogen) atoms. The van der Waals surface area contributed by atoms with Crippen LogP contribution in [0.3, 0.4) is 0 Å². The molecule has 0 bridgehead atoms. The SMILES string of the molecule is CN(Cc1ccccc1[N+](=O)[O-])C(=O)C(C)(C)c1ccccc1. The van der Waals surface area contributed by atoms with Crippen LogP contribution >= 0.6 is 0 Å². The van der Waals surface area contributed by atoms with Crippen LogP contribution in [-0.4, -0.2) is 22.8 Å². The molecule has 2 rings (SSSR count). The van der Waals surface area contributed by atoms with Crippen LogP contribution in [-0.2, 0) is 16.8 Å². The minimum absolute atomic E-state index is 0.0321. The van der Waals surface area contributed by atoms with Gasteiger partial charge in [-0.25, -0.2) is 0 Å². The van der Waals surface area contributed by atoms with E-state index in [1.165, 1.54) is 11.0 Å². The third kappa shape index (κ3) is 3.56. The van der Waals surface area contributed by atoms with Crippen LogP contribution in [0.5, 0.6) is 0 Å². The summed E-state index contributed by atoms with van der Waals surface area (Å²) < 4.78 is 0. The van der Waals surface area contributed by atoms with E-state index in [1.807, 2.05) is 44.2 Å². The molecule has 0 aliphatic carbocycles. The highest BCUT2D eigenvalue weighted by molar-refractivity contribution is 5.87. The average molecular weight is 312 g/mol. The van der Waals surface area contributed by atoms with Gasteiger partial charge in [0, 0.05) is 18.7 Å². The molecule has 0 radical (unpaired) electrons. The first-order valence-electron chi connectivity index (χ1n) is 7.37. The van der Waals surface area contributed by atoms with Gasteiger partial charge in [-0.15, -0.1) is 0 Å². The second kappa shape index (κ2) is 6.60. The molecular formula is C18H20N2O3. The van der Waals surface area contributed by atoms with Crippen molar-refractivity contribution in [3.63, 3.8) is 0 Å². The molecule has 120 valence electrons. The summed E-state index contributed by atoms with van der Waals surface area (Å²) >= 11 is 0. The van der Waals surface area contributed by atoms with Gasteiger partial charge in [0.25, 0.3) is 5.69 Å². The summed E-state index contributed by atoms with van der Waals surface area (Å²) in [5.74, 6) is -0.0816. The molecule has 0 saturated heterocycles. The van der Waals surface area contributed by atoms with Gasteiger partial charge in [-0.05, 0) is 19.4 Å². The molecule has 0 aromatic heterocycles. The van der Waals surface area contributed by atoms with Gasteiger partial charge in [-0.2, -0.15) is 0 Å². The van der Waals surface area contributed by atoms with Crippen molar-refractivity contribution >= 4 is 11.6 Å². The van der Waals surface area contributed by atoms with Gasteiger partial charge < -0.3 is 4.90 Å². The maximum Gasteiger partial charge on any atom is 0.274 e. The average Bonchev–Trinajstić information content (AvgIpc) is 2.55. The van der Waals surface area contributed by atoms with E-state index in [1.54, 1.807) is 25.2 Å². The Labute approximate surface area is 135 Å². The van der Waals surface area contributed by atoms with E-state index in [0.29, 0.717) is 5.56 Å². The lowest BCUT2D eigenvalue weighted by molar-refractivity contribution is -0.385. The fourth-order valence-corrected chi connectivity index (χ4v) is 2.61. The van der Waals surface area contributed by atoms with E-state index < -0.39 is 10.3 Å². The van der Waals surface area contributed by atoms with Crippen LogP contribution in [0.25, 0.3) is 0 Å². The number of rotatable bonds is 5. The largest absolute Gasteiger partial charge is 0.340 e. The maximum atomic E-state index is 12.8. The number of likely N-dealkylation sites (N-methyl/N-ethyl adjacent to an activating group) is 1. The molecule has 5 nitrogen and oxygen atoms in total. The summed E-state index contributed by atoms with van der Waals surface area (Å²) in [6.07, 6.45) is 0. The second-order valence-electron chi connectivity index (χ2n) is 6.04. The number of benzene rings is 2. The third-order valence-electron chi connectivity index (χ3n) is 3.97. The maximum absolute atomic E-state index is 12.8. The number of hydrogen-bond acceptors (Lipinski definition) is 3. The first-order valence-corrected chi connectivity index (χ1v) is 7.37. The molecule has 0 heterocycles. The zero-order valence-corrected chi connectivity index (χ0v) is 13.5. The van der Waals surface area contributed by atoms with Gasteiger partial charge in [0.1, 0.15) is 0 Å². The Morgan fingerprint density at radius 1 is 1.09 bits per heavy atom. The Balaban J connectivity index is 2.23. The van der Waals surface area contributed by atoms with Crippen molar-refractivity contribution in [1.29, 1.82) is 0 Å². The van der Waals surface area contributed by atoms with Crippen LogP contribution in [0.15, 0.2) is 54.6 Å². The monoisotopic (exact) mass is 312 g/mol. The summed E-state index contributed by atoms with van der Waals surface area (Å²) in [5.41, 5.74) is 0.779. The lowest BCUT2D eigenvalue weighted by Crippen LogP contribution is -2.41. The normalized spacial score (nSPS) is 11.1. The quantitative estimate of drug-likeness (QED) is 0.626. The standard InChI is InChI=1S/C18H20N2O3/c1-18(2,15-10-5-4-6-11-15)17(21)19(3)13-14-9-7-8-12-16(14)20(22)23/h4-12H,13H2,1-3H3. The van der Waals surface area contributed by atoms with Crippen LogP contribution in [0.4, 0.5) is 5.69 Å². The number of amides is 1. The minimum atomic E-state index is -0.695. The molecule has 0 unspecified atom stereocenters. The fourth-order valence-electron chi connectivity index (χ4n) is 2.61. The van der Waals surface area contributed by atoms with Crippen molar-refractivity contribution in [2.45, 2.75) is 25.8 Å². The van der Waals surface area contributed by atoms with E-state index in [0.717, 1.165) is 5.56 Å². The molecule has 2 aromatic rings. The number of carbonyl (C=O) groups is 1. The van der Waals surface area contributed by atoms with Gasteiger partial charge in [-0.3, -0.25) is 14.9 Å². The molecule has 0 spiro atoms. The first-order chi connectivity index (χ1) is 10.8. The van der Waals surface area contributed by atoms with Crippen molar-refractivity contribution < 1.29 is 9.72 Å². The topological polar surface area (TPSA) is 63.4 Å². The van der Waals surface area contributed by atoms with Crippen molar-refractivity contribution in [3.05, 3.63) is 75.8 Å². The van der Waals surface area contributed by atoms with Crippen LogP contribution in [0, 0.1) is 10.1 Å².